The number of aromatic nitrogens is 1. The van der Waals surface area contributed by atoms with Crippen LogP contribution in [-0.4, -0.2) is 50.3 Å². The summed E-state index contributed by atoms with van der Waals surface area (Å²) >= 11 is 1.62. The highest BCUT2D eigenvalue weighted by Crippen LogP contribution is 2.38. The molecule has 4 rings (SSSR count). The van der Waals surface area contributed by atoms with Gasteiger partial charge in [0.2, 0.25) is 0 Å². The maximum Gasteiger partial charge on any atom is 0.121 e. The van der Waals surface area contributed by atoms with E-state index in [9.17, 15) is 20.4 Å². The predicted octanol–water partition coefficient (Wildman–Crippen LogP) is 2.45. The van der Waals surface area contributed by atoms with Crippen molar-refractivity contribution in [2.24, 2.45) is 0 Å². The van der Waals surface area contributed by atoms with Crippen molar-refractivity contribution in [1.82, 2.24) is 4.98 Å². The Morgan fingerprint density at radius 1 is 1.21 bits per heavy atom. The van der Waals surface area contributed by atoms with Gasteiger partial charge >= 0.3 is 0 Å². The molecule has 1 aromatic heterocycles. The number of para-hydroxylation sites is 1. The van der Waals surface area contributed by atoms with Gasteiger partial charge in [0.15, 0.2) is 0 Å². The van der Waals surface area contributed by atoms with Crippen molar-refractivity contribution >= 4 is 21.6 Å². The number of hydrogen-bond donors (Lipinski definition) is 4. The third-order valence-corrected chi connectivity index (χ3v) is 6.26. The number of rotatable bonds is 4. The summed E-state index contributed by atoms with van der Waals surface area (Å²) in [5, 5.41) is 41.3. The van der Waals surface area contributed by atoms with Crippen LogP contribution in [-0.2, 0) is 11.2 Å². The van der Waals surface area contributed by atoms with Crippen molar-refractivity contribution in [2.75, 3.05) is 6.61 Å². The van der Waals surface area contributed by atoms with Crippen LogP contribution >= 0.6 is 11.3 Å². The Hall–Kier alpha value is -2.03. The van der Waals surface area contributed by atoms with Crippen LogP contribution in [0.2, 0.25) is 0 Å². The Kier molecular flexibility index (Phi) is 5.35. The van der Waals surface area contributed by atoms with Crippen LogP contribution in [0.15, 0.2) is 36.4 Å². The fraction of sp³-hybridized carbons (Fsp3) is 0.381. The molecular formula is C21H23NO5S. The zero-order chi connectivity index (χ0) is 19.8. The molecule has 1 saturated heterocycles. The minimum absolute atomic E-state index is 0.000361. The Balaban J connectivity index is 1.67. The summed E-state index contributed by atoms with van der Waals surface area (Å²) < 4.78 is 6.86. The molecule has 4 atom stereocenters. The number of aliphatic hydroxyl groups is 3. The Bertz CT molecular complexity index is 955. The van der Waals surface area contributed by atoms with Crippen LogP contribution in [0, 0.1) is 6.92 Å². The van der Waals surface area contributed by atoms with Crippen molar-refractivity contribution in [3.63, 3.8) is 0 Å². The number of fused-ring (bicyclic) bond motifs is 1. The first kappa shape index (κ1) is 19.3. The molecule has 0 saturated carbocycles. The predicted molar refractivity (Wildman–Crippen MR) is 107 cm³/mol. The second kappa shape index (κ2) is 7.77. The van der Waals surface area contributed by atoms with Gasteiger partial charge in [0, 0.05) is 18.4 Å². The number of benzene rings is 2. The minimum Gasteiger partial charge on any atom is -0.508 e. The van der Waals surface area contributed by atoms with E-state index < -0.39 is 24.4 Å². The van der Waals surface area contributed by atoms with Crippen molar-refractivity contribution in [2.45, 2.75) is 44.2 Å². The van der Waals surface area contributed by atoms with Crippen molar-refractivity contribution < 1.29 is 25.2 Å². The first-order valence-electron chi connectivity index (χ1n) is 9.25. The van der Waals surface area contributed by atoms with Gasteiger partial charge in [-0.3, -0.25) is 0 Å². The summed E-state index contributed by atoms with van der Waals surface area (Å²) in [6.45, 7) is 1.65. The third kappa shape index (κ3) is 3.64. The molecule has 3 aromatic rings. The van der Waals surface area contributed by atoms with Gasteiger partial charge < -0.3 is 25.2 Å². The lowest BCUT2D eigenvalue weighted by atomic mass is 9.90. The van der Waals surface area contributed by atoms with Crippen LogP contribution < -0.4 is 0 Å². The Morgan fingerprint density at radius 2 is 2.00 bits per heavy atom. The first-order chi connectivity index (χ1) is 13.5. The average Bonchev–Trinajstić information content (AvgIpc) is 3.08. The van der Waals surface area contributed by atoms with E-state index >= 15 is 0 Å². The molecule has 1 aliphatic rings. The van der Waals surface area contributed by atoms with Gasteiger partial charge in [-0.15, -0.1) is 11.3 Å². The zero-order valence-electron chi connectivity index (χ0n) is 15.4. The summed E-state index contributed by atoms with van der Waals surface area (Å²) in [7, 11) is 0. The van der Waals surface area contributed by atoms with E-state index in [4.69, 9.17) is 4.74 Å². The fourth-order valence-corrected chi connectivity index (χ4v) is 4.65. The molecule has 1 aliphatic heterocycles. The molecule has 0 bridgehead atoms. The molecule has 6 nitrogen and oxygen atoms in total. The molecular weight excluding hydrogens is 378 g/mol. The summed E-state index contributed by atoms with van der Waals surface area (Å²) in [6, 6.07) is 11.4. The third-order valence-electron chi connectivity index (χ3n) is 5.22. The number of aryl methyl sites for hydroxylation is 1. The standard InChI is InChI=1S/C21H23NO5S/c1-11-6-16(24)14(21-20(26)17(25)9-13(10-23)27-21)7-12(11)8-19-22-15-4-2-3-5-18(15)28-19/h2-7,13,17,20-21,23-26H,8-10H2,1H3/t13-,17-,20+,21-/m0/s1. The highest BCUT2D eigenvalue weighted by molar-refractivity contribution is 7.18. The van der Waals surface area contributed by atoms with Gasteiger partial charge in [0.05, 0.1) is 34.0 Å². The van der Waals surface area contributed by atoms with E-state index in [0.29, 0.717) is 12.0 Å². The van der Waals surface area contributed by atoms with Gasteiger partial charge in [-0.2, -0.15) is 0 Å². The van der Waals surface area contributed by atoms with Crippen molar-refractivity contribution in [3.8, 4) is 5.75 Å². The minimum atomic E-state index is -1.17. The van der Waals surface area contributed by atoms with Crippen molar-refractivity contribution in [1.29, 1.82) is 0 Å². The van der Waals surface area contributed by atoms with E-state index in [1.54, 1.807) is 23.5 Å². The highest BCUT2D eigenvalue weighted by atomic mass is 32.1. The fourth-order valence-electron chi connectivity index (χ4n) is 3.66. The van der Waals surface area contributed by atoms with E-state index in [2.05, 4.69) is 4.98 Å². The van der Waals surface area contributed by atoms with Crippen LogP contribution in [0.4, 0.5) is 0 Å². The molecule has 0 spiro atoms. The lowest BCUT2D eigenvalue weighted by Crippen LogP contribution is -2.44. The number of nitrogens with zero attached hydrogens (tertiary/aromatic N) is 1. The Morgan fingerprint density at radius 3 is 2.75 bits per heavy atom. The number of phenolic OH excluding ortho intramolecular Hbond substituents is 1. The van der Waals surface area contributed by atoms with Gasteiger partial charge in [0.1, 0.15) is 18.0 Å². The van der Waals surface area contributed by atoms with Crippen LogP contribution in [0.1, 0.15) is 34.2 Å². The monoisotopic (exact) mass is 401 g/mol. The van der Waals surface area contributed by atoms with Crippen LogP contribution in [0.25, 0.3) is 10.2 Å². The smallest absolute Gasteiger partial charge is 0.121 e. The second-order valence-electron chi connectivity index (χ2n) is 7.24. The number of aromatic hydroxyl groups is 1. The van der Waals surface area contributed by atoms with Gasteiger partial charge in [-0.25, -0.2) is 4.98 Å². The first-order valence-corrected chi connectivity index (χ1v) is 10.1. The van der Waals surface area contributed by atoms with Crippen LogP contribution in [0.5, 0.6) is 5.75 Å². The second-order valence-corrected chi connectivity index (χ2v) is 8.36. The van der Waals surface area contributed by atoms with Gasteiger partial charge in [-0.1, -0.05) is 12.1 Å². The number of thiazole rings is 1. The number of aliphatic hydroxyl groups excluding tert-OH is 3. The number of hydrogen-bond acceptors (Lipinski definition) is 7. The number of ether oxygens (including phenoxy) is 1. The molecule has 7 heteroatoms. The summed E-state index contributed by atoms with van der Waals surface area (Å²) in [5.74, 6) is 0.000361. The molecule has 1 fully saturated rings. The Labute approximate surface area is 166 Å². The number of phenols is 1. The summed E-state index contributed by atoms with van der Waals surface area (Å²) in [5.41, 5.74) is 3.24. The molecule has 2 aromatic carbocycles. The molecule has 0 aliphatic carbocycles. The molecule has 0 unspecified atom stereocenters. The molecule has 0 amide bonds. The van der Waals surface area contributed by atoms with Crippen LogP contribution in [0.3, 0.4) is 0 Å². The van der Waals surface area contributed by atoms with Crippen molar-refractivity contribution in [3.05, 3.63) is 58.1 Å². The molecule has 0 radical (unpaired) electrons. The lowest BCUT2D eigenvalue weighted by Gasteiger charge is -2.37. The quantitative estimate of drug-likeness (QED) is 0.536. The van der Waals surface area contributed by atoms with E-state index in [-0.39, 0.29) is 18.8 Å². The topological polar surface area (TPSA) is 103 Å². The normalized spacial score (nSPS) is 25.3. The van der Waals surface area contributed by atoms with E-state index in [1.165, 1.54) is 0 Å². The van der Waals surface area contributed by atoms with Gasteiger partial charge in [-0.05, 0) is 42.3 Å². The largest absolute Gasteiger partial charge is 0.508 e. The summed E-state index contributed by atoms with van der Waals surface area (Å²) in [4.78, 5) is 4.67. The zero-order valence-corrected chi connectivity index (χ0v) is 16.3. The molecule has 2 heterocycles. The van der Waals surface area contributed by atoms with E-state index in [1.807, 2.05) is 31.2 Å². The molecule has 4 N–H and O–H groups in total. The molecule has 28 heavy (non-hydrogen) atoms. The van der Waals surface area contributed by atoms with Gasteiger partial charge in [0.25, 0.3) is 0 Å². The lowest BCUT2D eigenvalue weighted by molar-refractivity contribution is -0.180. The van der Waals surface area contributed by atoms with E-state index in [0.717, 1.165) is 26.4 Å². The summed E-state index contributed by atoms with van der Waals surface area (Å²) in [6.07, 6.45) is -2.95. The SMILES string of the molecule is Cc1cc(O)c([C@@H]2O[C@H](CO)C[C@H](O)[C@H]2O)cc1Cc1nc2ccccc2s1. The maximum atomic E-state index is 10.5. The maximum absolute atomic E-state index is 10.5. The highest BCUT2D eigenvalue weighted by Gasteiger charge is 2.38. The average molecular weight is 401 g/mol. The molecule has 148 valence electrons.